The standard InChI is InChI=1S/C21H31NO3S/c1-7-21(5,6)14-9-10-15-16(12-14)26-19(18(15)20(24)25-8-2)22-17(23)11-13(3)4/h11,14H,7-10,12H2,1-6H3,(H,22,23)/t14-/m0/s1. The minimum atomic E-state index is -0.328. The van der Waals surface area contributed by atoms with Crippen molar-refractivity contribution in [1.29, 1.82) is 0 Å². The van der Waals surface area contributed by atoms with Gasteiger partial charge in [0.1, 0.15) is 5.00 Å². The highest BCUT2D eigenvalue weighted by Gasteiger charge is 2.35. The van der Waals surface area contributed by atoms with E-state index in [4.69, 9.17) is 4.74 Å². The van der Waals surface area contributed by atoms with Gasteiger partial charge in [0.25, 0.3) is 0 Å². The average molecular weight is 378 g/mol. The van der Waals surface area contributed by atoms with Crippen LogP contribution >= 0.6 is 11.3 Å². The number of hydrogen-bond donors (Lipinski definition) is 1. The number of amides is 1. The van der Waals surface area contributed by atoms with Gasteiger partial charge in [-0.15, -0.1) is 11.3 Å². The van der Waals surface area contributed by atoms with Crippen molar-refractivity contribution in [3.05, 3.63) is 27.7 Å². The Labute approximate surface area is 161 Å². The van der Waals surface area contributed by atoms with Crippen LogP contribution in [0.1, 0.15) is 75.2 Å². The predicted molar refractivity (Wildman–Crippen MR) is 108 cm³/mol. The van der Waals surface area contributed by atoms with Crippen molar-refractivity contribution in [2.45, 2.75) is 67.2 Å². The number of thiophene rings is 1. The lowest BCUT2D eigenvalue weighted by atomic mass is 9.69. The fourth-order valence-electron chi connectivity index (χ4n) is 3.46. The second kappa shape index (κ2) is 8.38. The third-order valence-corrected chi connectivity index (χ3v) is 6.59. The molecule has 1 aliphatic carbocycles. The minimum Gasteiger partial charge on any atom is -0.462 e. The number of ether oxygens (including phenoxy) is 1. The van der Waals surface area contributed by atoms with Crippen LogP contribution in [0.3, 0.4) is 0 Å². The van der Waals surface area contributed by atoms with Gasteiger partial charge in [0.15, 0.2) is 0 Å². The summed E-state index contributed by atoms with van der Waals surface area (Å²) in [6.07, 6.45) is 5.58. The Morgan fingerprint density at radius 1 is 1.31 bits per heavy atom. The van der Waals surface area contributed by atoms with E-state index in [1.54, 1.807) is 13.0 Å². The molecule has 1 amide bonds. The van der Waals surface area contributed by atoms with Gasteiger partial charge in [0.2, 0.25) is 5.91 Å². The maximum Gasteiger partial charge on any atom is 0.341 e. The highest BCUT2D eigenvalue weighted by molar-refractivity contribution is 7.17. The third kappa shape index (κ3) is 4.56. The van der Waals surface area contributed by atoms with E-state index in [9.17, 15) is 9.59 Å². The van der Waals surface area contributed by atoms with Crippen LogP contribution in [-0.2, 0) is 22.4 Å². The molecule has 1 heterocycles. The van der Waals surface area contributed by atoms with E-state index >= 15 is 0 Å². The lowest BCUT2D eigenvalue weighted by Crippen LogP contribution is -2.28. The molecule has 1 aliphatic rings. The number of carbonyl (C=O) groups is 2. The number of esters is 1. The van der Waals surface area contributed by atoms with Crippen LogP contribution in [0.2, 0.25) is 0 Å². The zero-order valence-corrected chi connectivity index (χ0v) is 17.6. The molecule has 0 spiro atoms. The van der Waals surface area contributed by atoms with E-state index in [-0.39, 0.29) is 17.3 Å². The van der Waals surface area contributed by atoms with Gasteiger partial charge in [-0.1, -0.05) is 32.8 Å². The van der Waals surface area contributed by atoms with E-state index in [2.05, 4.69) is 26.1 Å². The molecule has 0 saturated carbocycles. The SMILES string of the molecule is CCOC(=O)c1c(NC(=O)C=C(C)C)sc2c1CC[C@H](C(C)(C)CC)C2. The Morgan fingerprint density at radius 2 is 2.00 bits per heavy atom. The van der Waals surface area contributed by atoms with Crippen molar-refractivity contribution in [3.8, 4) is 0 Å². The zero-order valence-electron chi connectivity index (χ0n) is 16.8. The number of hydrogen-bond acceptors (Lipinski definition) is 4. The van der Waals surface area contributed by atoms with E-state index in [1.807, 2.05) is 13.8 Å². The Balaban J connectivity index is 2.39. The first-order valence-electron chi connectivity index (χ1n) is 9.47. The molecule has 5 heteroatoms. The summed E-state index contributed by atoms with van der Waals surface area (Å²) in [6.45, 7) is 12.8. The first-order valence-corrected chi connectivity index (χ1v) is 10.3. The van der Waals surface area contributed by atoms with Crippen molar-refractivity contribution < 1.29 is 14.3 Å². The topological polar surface area (TPSA) is 55.4 Å². The van der Waals surface area contributed by atoms with E-state index in [0.717, 1.165) is 36.8 Å². The fourth-order valence-corrected chi connectivity index (χ4v) is 4.78. The molecule has 1 atom stereocenters. The van der Waals surface area contributed by atoms with Crippen LogP contribution in [0.4, 0.5) is 5.00 Å². The van der Waals surface area contributed by atoms with Crippen molar-refractivity contribution in [1.82, 2.24) is 0 Å². The number of nitrogens with one attached hydrogen (secondary N) is 1. The van der Waals surface area contributed by atoms with E-state index in [1.165, 1.54) is 16.2 Å². The molecule has 4 nitrogen and oxygen atoms in total. The first kappa shape index (κ1) is 20.7. The molecule has 0 radical (unpaired) electrons. The van der Waals surface area contributed by atoms with Crippen LogP contribution in [0.25, 0.3) is 0 Å². The molecule has 0 aliphatic heterocycles. The molecule has 1 N–H and O–H groups in total. The maximum atomic E-state index is 12.6. The van der Waals surface area contributed by atoms with Crippen molar-refractivity contribution in [2.75, 3.05) is 11.9 Å². The normalized spacial score (nSPS) is 16.6. The van der Waals surface area contributed by atoms with Gasteiger partial charge < -0.3 is 10.1 Å². The Morgan fingerprint density at radius 3 is 2.58 bits per heavy atom. The summed E-state index contributed by atoms with van der Waals surface area (Å²) in [5, 5.41) is 3.54. The quantitative estimate of drug-likeness (QED) is 0.535. The van der Waals surface area contributed by atoms with Crippen LogP contribution < -0.4 is 5.32 Å². The van der Waals surface area contributed by atoms with Crippen molar-refractivity contribution >= 4 is 28.2 Å². The summed E-state index contributed by atoms with van der Waals surface area (Å²) in [5.41, 5.74) is 2.84. The van der Waals surface area contributed by atoms with Gasteiger partial charge in [0, 0.05) is 11.0 Å². The predicted octanol–water partition coefficient (Wildman–Crippen LogP) is 5.37. The van der Waals surface area contributed by atoms with Crippen LogP contribution in [0, 0.1) is 11.3 Å². The number of carbonyl (C=O) groups excluding carboxylic acids is 2. The van der Waals surface area contributed by atoms with E-state index < -0.39 is 0 Å². The van der Waals surface area contributed by atoms with Gasteiger partial charge in [-0.3, -0.25) is 4.79 Å². The molecule has 0 bridgehead atoms. The van der Waals surface area contributed by atoms with Gasteiger partial charge in [-0.05, 0) is 56.9 Å². The molecule has 26 heavy (non-hydrogen) atoms. The summed E-state index contributed by atoms with van der Waals surface area (Å²) in [4.78, 5) is 26.0. The fraction of sp³-hybridized carbons (Fsp3) is 0.619. The minimum absolute atomic E-state index is 0.195. The third-order valence-electron chi connectivity index (χ3n) is 5.42. The van der Waals surface area contributed by atoms with Crippen molar-refractivity contribution in [3.63, 3.8) is 0 Å². The van der Waals surface area contributed by atoms with Crippen LogP contribution in [0.5, 0.6) is 0 Å². The molecule has 2 rings (SSSR count). The van der Waals surface area contributed by atoms with Crippen LogP contribution in [-0.4, -0.2) is 18.5 Å². The molecule has 1 aromatic rings. The van der Waals surface area contributed by atoms with Gasteiger partial charge in [-0.2, -0.15) is 0 Å². The molecular weight excluding hydrogens is 346 g/mol. The summed E-state index contributed by atoms with van der Waals surface area (Å²) in [7, 11) is 0. The molecule has 0 fully saturated rings. The maximum absolute atomic E-state index is 12.6. The second-order valence-electron chi connectivity index (χ2n) is 7.92. The summed E-state index contributed by atoms with van der Waals surface area (Å²) < 4.78 is 5.27. The van der Waals surface area contributed by atoms with Gasteiger partial charge >= 0.3 is 5.97 Å². The largest absolute Gasteiger partial charge is 0.462 e. The second-order valence-corrected chi connectivity index (χ2v) is 9.03. The monoisotopic (exact) mass is 377 g/mol. The Kier molecular flexibility index (Phi) is 6.67. The summed E-state index contributed by atoms with van der Waals surface area (Å²) in [5.74, 6) is 0.0697. The van der Waals surface area contributed by atoms with Crippen molar-refractivity contribution in [2.24, 2.45) is 11.3 Å². The number of rotatable bonds is 6. The lowest BCUT2D eigenvalue weighted by Gasteiger charge is -2.36. The van der Waals surface area contributed by atoms with Gasteiger partial charge in [-0.25, -0.2) is 4.79 Å². The molecular formula is C21H31NO3S. The molecule has 144 valence electrons. The number of fused-ring (bicyclic) bond motifs is 1. The number of anilines is 1. The van der Waals surface area contributed by atoms with Crippen LogP contribution in [0.15, 0.2) is 11.6 Å². The molecule has 0 aromatic carbocycles. The highest BCUT2D eigenvalue weighted by atomic mass is 32.1. The lowest BCUT2D eigenvalue weighted by molar-refractivity contribution is -0.111. The first-order chi connectivity index (χ1) is 12.2. The molecule has 0 saturated heterocycles. The molecule has 0 unspecified atom stereocenters. The van der Waals surface area contributed by atoms with Gasteiger partial charge in [0.05, 0.1) is 12.2 Å². The zero-order chi connectivity index (χ0) is 19.5. The Bertz CT molecular complexity index is 711. The summed E-state index contributed by atoms with van der Waals surface area (Å²) in [6, 6.07) is 0. The summed E-state index contributed by atoms with van der Waals surface area (Å²) >= 11 is 1.54. The van der Waals surface area contributed by atoms with E-state index in [0.29, 0.717) is 23.1 Å². The highest BCUT2D eigenvalue weighted by Crippen LogP contribution is 2.45. The molecule has 1 aromatic heterocycles. The average Bonchev–Trinajstić information content (AvgIpc) is 2.90. The Hall–Kier alpha value is -1.62. The smallest absolute Gasteiger partial charge is 0.341 e. The number of allylic oxidation sites excluding steroid dienone is 1.